The van der Waals surface area contributed by atoms with Crippen molar-refractivity contribution < 1.29 is 14.7 Å². The van der Waals surface area contributed by atoms with E-state index in [2.05, 4.69) is 5.16 Å². The smallest absolute Gasteiger partial charge is 0.120 e. The highest BCUT2D eigenvalue weighted by Gasteiger charge is 2.00. The van der Waals surface area contributed by atoms with Crippen molar-refractivity contribution in [1.82, 2.24) is 0 Å². The van der Waals surface area contributed by atoms with Crippen LogP contribution in [0.15, 0.2) is 29.4 Å². The molecule has 0 aliphatic heterocycles. The van der Waals surface area contributed by atoms with Crippen LogP contribution < -0.4 is 4.74 Å². The van der Waals surface area contributed by atoms with E-state index in [9.17, 15) is 0 Å². The van der Waals surface area contributed by atoms with Crippen molar-refractivity contribution in [1.29, 1.82) is 0 Å². The maximum atomic E-state index is 8.62. The largest absolute Gasteiger partial charge is 0.491 e. The molecular weight excluding hydrogens is 194 g/mol. The SMILES string of the molecule is COCCOc1cccc(/C(C)=N/O)c1. The van der Waals surface area contributed by atoms with Gasteiger partial charge in [0.05, 0.1) is 12.3 Å². The number of ether oxygens (including phenoxy) is 2. The third-order valence-corrected chi connectivity index (χ3v) is 1.96. The number of nitrogens with zero attached hydrogens (tertiary/aromatic N) is 1. The second kappa shape index (κ2) is 6.03. The van der Waals surface area contributed by atoms with Crippen LogP contribution in [0.4, 0.5) is 0 Å². The first kappa shape index (κ1) is 11.5. The molecule has 0 amide bonds. The molecule has 4 heteroatoms. The number of rotatable bonds is 5. The summed E-state index contributed by atoms with van der Waals surface area (Å²) in [5, 5.41) is 11.8. The summed E-state index contributed by atoms with van der Waals surface area (Å²) in [4.78, 5) is 0. The van der Waals surface area contributed by atoms with E-state index in [4.69, 9.17) is 14.7 Å². The molecule has 1 aromatic carbocycles. The first-order chi connectivity index (χ1) is 7.27. The maximum absolute atomic E-state index is 8.62. The lowest BCUT2D eigenvalue weighted by Gasteiger charge is -2.06. The normalized spacial score (nSPS) is 11.5. The fraction of sp³-hybridized carbons (Fsp3) is 0.364. The van der Waals surface area contributed by atoms with Crippen molar-refractivity contribution in [3.8, 4) is 5.75 Å². The van der Waals surface area contributed by atoms with Gasteiger partial charge in [-0.05, 0) is 19.1 Å². The molecule has 0 aliphatic rings. The van der Waals surface area contributed by atoms with Crippen molar-refractivity contribution in [3.05, 3.63) is 29.8 Å². The number of hydrogen-bond acceptors (Lipinski definition) is 4. The summed E-state index contributed by atoms with van der Waals surface area (Å²) in [7, 11) is 1.63. The molecule has 0 spiro atoms. The average molecular weight is 209 g/mol. The molecule has 0 unspecified atom stereocenters. The van der Waals surface area contributed by atoms with E-state index in [-0.39, 0.29) is 0 Å². The van der Waals surface area contributed by atoms with Gasteiger partial charge in [0, 0.05) is 12.7 Å². The highest BCUT2D eigenvalue weighted by Crippen LogP contribution is 2.13. The molecule has 82 valence electrons. The molecule has 0 radical (unpaired) electrons. The second-order valence-corrected chi connectivity index (χ2v) is 3.05. The lowest BCUT2D eigenvalue weighted by molar-refractivity contribution is 0.146. The minimum Gasteiger partial charge on any atom is -0.491 e. The van der Waals surface area contributed by atoms with E-state index in [0.717, 1.165) is 11.3 Å². The molecular formula is C11H15NO3. The first-order valence-electron chi connectivity index (χ1n) is 4.68. The van der Waals surface area contributed by atoms with E-state index in [0.29, 0.717) is 18.9 Å². The zero-order valence-corrected chi connectivity index (χ0v) is 8.93. The highest BCUT2D eigenvalue weighted by atomic mass is 16.5. The van der Waals surface area contributed by atoms with Crippen LogP contribution in [0.25, 0.3) is 0 Å². The summed E-state index contributed by atoms with van der Waals surface area (Å²) >= 11 is 0. The summed E-state index contributed by atoms with van der Waals surface area (Å²) in [6.45, 7) is 2.79. The predicted octanol–water partition coefficient (Wildman–Crippen LogP) is 1.91. The van der Waals surface area contributed by atoms with Crippen LogP contribution >= 0.6 is 0 Å². The maximum Gasteiger partial charge on any atom is 0.120 e. The van der Waals surface area contributed by atoms with E-state index < -0.39 is 0 Å². The molecule has 0 fully saturated rings. The Bertz CT molecular complexity index is 336. The van der Waals surface area contributed by atoms with Crippen molar-refractivity contribution in [2.24, 2.45) is 5.16 Å². The van der Waals surface area contributed by atoms with Gasteiger partial charge >= 0.3 is 0 Å². The zero-order chi connectivity index (χ0) is 11.1. The molecule has 0 saturated carbocycles. The highest BCUT2D eigenvalue weighted by molar-refractivity contribution is 5.98. The second-order valence-electron chi connectivity index (χ2n) is 3.05. The lowest BCUT2D eigenvalue weighted by Crippen LogP contribution is -2.04. The van der Waals surface area contributed by atoms with Gasteiger partial charge in [0.25, 0.3) is 0 Å². The molecule has 4 nitrogen and oxygen atoms in total. The number of benzene rings is 1. The summed E-state index contributed by atoms with van der Waals surface area (Å²) < 4.78 is 10.3. The molecule has 1 rings (SSSR count). The zero-order valence-electron chi connectivity index (χ0n) is 8.93. The first-order valence-corrected chi connectivity index (χ1v) is 4.68. The van der Waals surface area contributed by atoms with Gasteiger partial charge < -0.3 is 14.7 Å². The van der Waals surface area contributed by atoms with Crippen LogP contribution in [-0.4, -0.2) is 31.2 Å². The predicted molar refractivity (Wildman–Crippen MR) is 57.8 cm³/mol. The standard InChI is InChI=1S/C11H15NO3/c1-9(12-13)10-4-3-5-11(8-10)15-7-6-14-2/h3-5,8,13H,6-7H2,1-2H3/b12-9+. The minimum absolute atomic E-state index is 0.509. The van der Waals surface area contributed by atoms with Crippen LogP contribution in [0, 0.1) is 0 Å². The Morgan fingerprint density at radius 2 is 2.20 bits per heavy atom. The van der Waals surface area contributed by atoms with Gasteiger partial charge in [-0.25, -0.2) is 0 Å². The van der Waals surface area contributed by atoms with Crippen molar-refractivity contribution in [2.75, 3.05) is 20.3 Å². The van der Waals surface area contributed by atoms with E-state index >= 15 is 0 Å². The quantitative estimate of drug-likeness (QED) is 0.349. The molecule has 0 bridgehead atoms. The summed E-state index contributed by atoms with van der Waals surface area (Å²) in [6.07, 6.45) is 0. The lowest BCUT2D eigenvalue weighted by atomic mass is 10.1. The summed E-state index contributed by atoms with van der Waals surface area (Å²) in [6, 6.07) is 7.39. The van der Waals surface area contributed by atoms with Gasteiger partial charge in [-0.3, -0.25) is 0 Å². The van der Waals surface area contributed by atoms with Gasteiger partial charge in [-0.2, -0.15) is 0 Å². The third kappa shape index (κ3) is 3.59. The number of oxime groups is 1. The summed E-state index contributed by atoms with van der Waals surface area (Å²) in [5.41, 5.74) is 1.40. The van der Waals surface area contributed by atoms with E-state index in [1.54, 1.807) is 14.0 Å². The molecule has 0 atom stereocenters. The fourth-order valence-corrected chi connectivity index (χ4v) is 1.11. The van der Waals surface area contributed by atoms with Crippen molar-refractivity contribution >= 4 is 5.71 Å². The Balaban J connectivity index is 2.66. The van der Waals surface area contributed by atoms with Gasteiger partial charge in [-0.1, -0.05) is 17.3 Å². The van der Waals surface area contributed by atoms with E-state index in [1.807, 2.05) is 24.3 Å². The molecule has 1 aromatic rings. The number of hydrogen-bond donors (Lipinski definition) is 1. The number of methoxy groups -OCH3 is 1. The van der Waals surface area contributed by atoms with Crippen molar-refractivity contribution in [3.63, 3.8) is 0 Å². The van der Waals surface area contributed by atoms with Crippen LogP contribution in [0.3, 0.4) is 0 Å². The Morgan fingerprint density at radius 3 is 2.87 bits per heavy atom. The molecule has 0 saturated heterocycles. The van der Waals surface area contributed by atoms with Crippen LogP contribution in [0.2, 0.25) is 0 Å². The monoisotopic (exact) mass is 209 g/mol. The molecule has 0 aromatic heterocycles. The fourth-order valence-electron chi connectivity index (χ4n) is 1.11. The van der Waals surface area contributed by atoms with Crippen LogP contribution in [-0.2, 0) is 4.74 Å². The van der Waals surface area contributed by atoms with Gasteiger partial charge in [0.15, 0.2) is 0 Å². The molecule has 0 aliphatic carbocycles. The minimum atomic E-state index is 0.509. The topological polar surface area (TPSA) is 51.0 Å². The van der Waals surface area contributed by atoms with Gasteiger partial charge in [-0.15, -0.1) is 0 Å². The van der Waals surface area contributed by atoms with Gasteiger partial charge in [0.2, 0.25) is 0 Å². The Labute approximate surface area is 89.1 Å². The van der Waals surface area contributed by atoms with Crippen LogP contribution in [0.1, 0.15) is 12.5 Å². The average Bonchev–Trinajstić information content (AvgIpc) is 2.29. The van der Waals surface area contributed by atoms with Crippen LogP contribution in [0.5, 0.6) is 5.75 Å². The molecule has 15 heavy (non-hydrogen) atoms. The molecule has 0 heterocycles. The third-order valence-electron chi connectivity index (χ3n) is 1.96. The molecule has 1 N–H and O–H groups in total. The Morgan fingerprint density at radius 1 is 1.40 bits per heavy atom. The van der Waals surface area contributed by atoms with Crippen molar-refractivity contribution in [2.45, 2.75) is 6.92 Å². The Hall–Kier alpha value is -1.55. The Kier molecular flexibility index (Phi) is 4.63. The van der Waals surface area contributed by atoms with Gasteiger partial charge in [0.1, 0.15) is 12.4 Å². The van der Waals surface area contributed by atoms with E-state index in [1.165, 1.54) is 0 Å². The summed E-state index contributed by atoms with van der Waals surface area (Å²) in [5.74, 6) is 0.743.